The summed E-state index contributed by atoms with van der Waals surface area (Å²) in [5.41, 5.74) is -0.596. The molecule has 1 unspecified atom stereocenters. The number of carboxylic acid groups (broad SMARTS) is 1. The minimum atomic E-state index is -0.666. The van der Waals surface area contributed by atoms with Gasteiger partial charge in [0.15, 0.2) is 0 Å². The summed E-state index contributed by atoms with van der Waals surface area (Å²) < 4.78 is 0. The first-order valence-corrected chi connectivity index (χ1v) is 6.93. The van der Waals surface area contributed by atoms with E-state index in [1.165, 1.54) is 38.5 Å². The Labute approximate surface area is 105 Å². The van der Waals surface area contributed by atoms with Crippen LogP contribution in [0.25, 0.3) is 0 Å². The quantitative estimate of drug-likeness (QED) is 0.752. The molecule has 0 amide bonds. The fourth-order valence-electron chi connectivity index (χ4n) is 2.71. The van der Waals surface area contributed by atoms with Gasteiger partial charge < -0.3 is 10.0 Å². The van der Waals surface area contributed by atoms with Crippen LogP contribution in [0.4, 0.5) is 0 Å². The van der Waals surface area contributed by atoms with E-state index in [-0.39, 0.29) is 0 Å². The summed E-state index contributed by atoms with van der Waals surface area (Å²) in [6.45, 7) is 4.50. The fourth-order valence-corrected chi connectivity index (χ4v) is 2.71. The van der Waals surface area contributed by atoms with E-state index in [4.69, 9.17) is 0 Å². The maximum absolute atomic E-state index is 11.3. The largest absolute Gasteiger partial charge is 0.481 e. The molecule has 0 radical (unpaired) electrons. The summed E-state index contributed by atoms with van der Waals surface area (Å²) in [7, 11) is 2.09. The average Bonchev–Trinajstić information content (AvgIpc) is 2.57. The first-order chi connectivity index (χ1) is 7.99. The van der Waals surface area contributed by atoms with Crippen LogP contribution >= 0.6 is 0 Å². The molecule has 17 heavy (non-hydrogen) atoms. The number of carbonyl (C=O) groups is 1. The van der Waals surface area contributed by atoms with Gasteiger partial charge in [-0.2, -0.15) is 0 Å². The molecule has 1 aliphatic carbocycles. The van der Waals surface area contributed by atoms with E-state index in [0.29, 0.717) is 19.0 Å². The number of aliphatic carboxylic acids is 1. The van der Waals surface area contributed by atoms with Crippen molar-refractivity contribution < 1.29 is 9.90 Å². The predicted molar refractivity (Wildman–Crippen MR) is 70.2 cm³/mol. The molecule has 0 saturated heterocycles. The zero-order valence-electron chi connectivity index (χ0n) is 11.5. The highest BCUT2D eigenvalue weighted by atomic mass is 16.4. The molecule has 0 spiro atoms. The third-order valence-electron chi connectivity index (χ3n) is 4.34. The van der Waals surface area contributed by atoms with Gasteiger partial charge >= 0.3 is 5.97 Å². The Morgan fingerprint density at radius 1 is 1.29 bits per heavy atom. The van der Waals surface area contributed by atoms with Crippen molar-refractivity contribution in [3.05, 3.63) is 0 Å². The molecule has 1 atom stereocenters. The maximum Gasteiger partial charge on any atom is 0.310 e. The van der Waals surface area contributed by atoms with E-state index in [9.17, 15) is 9.90 Å². The second-order valence-corrected chi connectivity index (χ2v) is 5.78. The molecule has 0 bridgehead atoms. The number of nitrogens with zero attached hydrogens (tertiary/aromatic N) is 1. The van der Waals surface area contributed by atoms with Gasteiger partial charge in [-0.1, -0.05) is 32.6 Å². The molecule has 0 heterocycles. The number of hydrogen-bond acceptors (Lipinski definition) is 2. The second-order valence-electron chi connectivity index (χ2n) is 5.78. The van der Waals surface area contributed by atoms with Crippen molar-refractivity contribution in [2.45, 2.75) is 64.8 Å². The maximum atomic E-state index is 11.3. The van der Waals surface area contributed by atoms with Crippen LogP contribution in [-0.4, -0.2) is 35.6 Å². The van der Waals surface area contributed by atoms with Crippen LogP contribution in [0.3, 0.4) is 0 Å². The van der Waals surface area contributed by atoms with E-state index in [2.05, 4.69) is 11.9 Å². The van der Waals surface area contributed by atoms with Gasteiger partial charge in [0, 0.05) is 12.6 Å². The van der Waals surface area contributed by atoms with Crippen molar-refractivity contribution in [2.24, 2.45) is 5.41 Å². The Morgan fingerprint density at radius 2 is 1.82 bits per heavy atom. The lowest BCUT2D eigenvalue weighted by Crippen LogP contribution is -2.43. The van der Waals surface area contributed by atoms with Crippen molar-refractivity contribution in [3.63, 3.8) is 0 Å². The van der Waals surface area contributed by atoms with Gasteiger partial charge in [0.05, 0.1) is 5.41 Å². The fraction of sp³-hybridized carbons (Fsp3) is 0.929. The Morgan fingerprint density at radius 3 is 2.24 bits per heavy atom. The minimum Gasteiger partial charge on any atom is -0.481 e. The van der Waals surface area contributed by atoms with Crippen LogP contribution in [0, 0.1) is 5.41 Å². The Balaban J connectivity index is 2.56. The summed E-state index contributed by atoms with van der Waals surface area (Å²) >= 11 is 0. The second kappa shape index (κ2) is 6.39. The van der Waals surface area contributed by atoms with Gasteiger partial charge in [0.1, 0.15) is 0 Å². The SMILES string of the molecule is CCC(C)(CN(C)C1CCCCCC1)C(=O)O. The van der Waals surface area contributed by atoms with Crippen molar-refractivity contribution in [3.8, 4) is 0 Å². The highest BCUT2D eigenvalue weighted by Crippen LogP contribution is 2.27. The summed E-state index contributed by atoms with van der Waals surface area (Å²) in [5, 5.41) is 9.31. The van der Waals surface area contributed by atoms with Crippen LogP contribution in [0.15, 0.2) is 0 Å². The van der Waals surface area contributed by atoms with Gasteiger partial charge in [-0.3, -0.25) is 4.79 Å². The van der Waals surface area contributed by atoms with E-state index < -0.39 is 11.4 Å². The van der Waals surface area contributed by atoms with Crippen LogP contribution in [0.5, 0.6) is 0 Å². The topological polar surface area (TPSA) is 40.5 Å². The lowest BCUT2D eigenvalue weighted by molar-refractivity contribution is -0.149. The van der Waals surface area contributed by atoms with Gasteiger partial charge in [-0.25, -0.2) is 0 Å². The molecule has 1 saturated carbocycles. The molecular weight excluding hydrogens is 214 g/mol. The van der Waals surface area contributed by atoms with Gasteiger partial charge in [-0.15, -0.1) is 0 Å². The summed E-state index contributed by atoms with van der Waals surface area (Å²) in [5.74, 6) is -0.666. The molecule has 0 aromatic rings. The van der Waals surface area contributed by atoms with E-state index in [1.807, 2.05) is 13.8 Å². The molecule has 3 nitrogen and oxygen atoms in total. The number of hydrogen-bond donors (Lipinski definition) is 1. The summed E-state index contributed by atoms with van der Waals surface area (Å²) in [6, 6.07) is 0.586. The first kappa shape index (κ1) is 14.5. The van der Waals surface area contributed by atoms with Gasteiger partial charge in [-0.05, 0) is 33.2 Å². The summed E-state index contributed by atoms with van der Waals surface area (Å²) in [6.07, 6.45) is 8.43. The molecule has 1 N–H and O–H groups in total. The summed E-state index contributed by atoms with van der Waals surface area (Å²) in [4.78, 5) is 13.6. The molecule has 3 heteroatoms. The van der Waals surface area contributed by atoms with Crippen LogP contribution in [-0.2, 0) is 4.79 Å². The molecule has 0 aliphatic heterocycles. The Hall–Kier alpha value is -0.570. The molecule has 1 rings (SSSR count). The van der Waals surface area contributed by atoms with Crippen molar-refractivity contribution in [1.82, 2.24) is 4.90 Å². The molecular formula is C14H27NO2. The zero-order chi connectivity index (χ0) is 12.9. The lowest BCUT2D eigenvalue weighted by Gasteiger charge is -2.34. The third-order valence-corrected chi connectivity index (χ3v) is 4.34. The Kier molecular flexibility index (Phi) is 5.44. The highest BCUT2D eigenvalue weighted by molar-refractivity contribution is 5.74. The van der Waals surface area contributed by atoms with E-state index >= 15 is 0 Å². The lowest BCUT2D eigenvalue weighted by atomic mass is 9.86. The molecule has 0 aromatic heterocycles. The van der Waals surface area contributed by atoms with Crippen molar-refractivity contribution in [1.29, 1.82) is 0 Å². The zero-order valence-corrected chi connectivity index (χ0v) is 11.5. The highest BCUT2D eigenvalue weighted by Gasteiger charge is 2.34. The van der Waals surface area contributed by atoms with E-state index in [1.54, 1.807) is 0 Å². The van der Waals surface area contributed by atoms with E-state index in [0.717, 1.165) is 0 Å². The smallest absolute Gasteiger partial charge is 0.310 e. The molecule has 0 aromatic carbocycles. The minimum absolute atomic E-state index is 0.586. The van der Waals surface area contributed by atoms with Crippen LogP contribution in [0.1, 0.15) is 58.8 Å². The van der Waals surface area contributed by atoms with Crippen LogP contribution < -0.4 is 0 Å². The van der Waals surface area contributed by atoms with Crippen molar-refractivity contribution in [2.75, 3.05) is 13.6 Å². The third kappa shape index (κ3) is 3.98. The van der Waals surface area contributed by atoms with Crippen LogP contribution in [0.2, 0.25) is 0 Å². The molecule has 1 aliphatic rings. The average molecular weight is 241 g/mol. The normalized spacial score (nSPS) is 22.1. The first-order valence-electron chi connectivity index (χ1n) is 6.93. The van der Waals surface area contributed by atoms with Crippen molar-refractivity contribution >= 4 is 5.97 Å². The van der Waals surface area contributed by atoms with Gasteiger partial charge in [0.2, 0.25) is 0 Å². The predicted octanol–water partition coefficient (Wildman–Crippen LogP) is 3.14. The number of rotatable bonds is 5. The number of carboxylic acids is 1. The van der Waals surface area contributed by atoms with Gasteiger partial charge in [0.25, 0.3) is 0 Å². The Bertz CT molecular complexity index is 247. The monoisotopic (exact) mass is 241 g/mol. The molecule has 1 fully saturated rings. The standard InChI is InChI=1S/C14H27NO2/c1-4-14(2,13(16)17)11-15(3)12-9-7-5-6-8-10-12/h12H,4-11H2,1-3H3,(H,16,17). The molecule has 100 valence electrons.